The molecule has 3 aromatic carbocycles. The number of nitrogens with zero attached hydrogens (tertiary/aromatic N) is 1. The van der Waals surface area contributed by atoms with Gasteiger partial charge in [-0.25, -0.2) is 13.2 Å². The van der Waals surface area contributed by atoms with Gasteiger partial charge in [-0.1, -0.05) is 37.1 Å². The molecule has 1 saturated carbocycles. The lowest BCUT2D eigenvalue weighted by Crippen LogP contribution is -2.57. The van der Waals surface area contributed by atoms with E-state index in [4.69, 9.17) is 4.74 Å². The smallest absolute Gasteiger partial charge is 0.249 e. The van der Waals surface area contributed by atoms with E-state index in [1.165, 1.54) is 31.2 Å². The molecule has 8 nitrogen and oxygen atoms in total. The molecule has 1 aliphatic carbocycles. The predicted octanol–water partition coefficient (Wildman–Crippen LogP) is 5.23. The Morgan fingerprint density at radius 3 is 2.35 bits per heavy atom. The van der Waals surface area contributed by atoms with E-state index in [1.807, 2.05) is 24.3 Å². The van der Waals surface area contributed by atoms with Gasteiger partial charge in [0.25, 0.3) is 0 Å². The summed E-state index contributed by atoms with van der Waals surface area (Å²) in [5.74, 6) is -1.67. The number of benzene rings is 3. The summed E-state index contributed by atoms with van der Waals surface area (Å²) >= 11 is 0. The van der Waals surface area contributed by atoms with Gasteiger partial charge in [-0.15, -0.1) is 0 Å². The van der Waals surface area contributed by atoms with E-state index in [0.717, 1.165) is 35.8 Å². The Labute approximate surface area is 285 Å². The molecule has 3 amide bonds. The number of likely N-dealkylation sites (tertiary alicyclic amines) is 1. The molecule has 11 heteroatoms. The second-order valence-corrected chi connectivity index (χ2v) is 13.3. The molecule has 1 heterocycles. The maximum Gasteiger partial charge on any atom is 0.249 e. The van der Waals surface area contributed by atoms with Gasteiger partial charge in [-0.2, -0.15) is 0 Å². The molecule has 0 bridgehead atoms. The van der Waals surface area contributed by atoms with Crippen LogP contribution in [0.4, 0.5) is 13.2 Å². The Bertz CT molecular complexity index is 1600. The summed E-state index contributed by atoms with van der Waals surface area (Å²) in [5.41, 5.74) is 1.15. The molecule has 3 atom stereocenters. The summed E-state index contributed by atoms with van der Waals surface area (Å²) in [6.07, 6.45) is 4.18. The highest BCUT2D eigenvalue weighted by molar-refractivity contribution is 5.96. The number of carbonyl (C=O) groups excluding carboxylic acids is 3. The quantitative estimate of drug-likeness (QED) is 0.170. The van der Waals surface area contributed by atoms with Crippen LogP contribution >= 0.6 is 0 Å². The monoisotopic (exact) mass is 678 g/mol. The van der Waals surface area contributed by atoms with Crippen molar-refractivity contribution in [3.8, 4) is 5.75 Å². The molecule has 5 rings (SSSR count). The molecule has 0 spiro atoms. The Balaban J connectivity index is 1.35. The van der Waals surface area contributed by atoms with Gasteiger partial charge in [0.15, 0.2) is 0 Å². The number of carbonyl (C=O) groups is 3. The van der Waals surface area contributed by atoms with Crippen molar-refractivity contribution in [2.24, 2.45) is 5.92 Å². The van der Waals surface area contributed by atoms with Crippen LogP contribution in [0.15, 0.2) is 66.7 Å². The maximum absolute atomic E-state index is 14.2. The van der Waals surface area contributed by atoms with Crippen LogP contribution in [0.5, 0.6) is 5.75 Å². The standard InChI is InChI=1S/C38H45F3N4O4/c1-25(46)44-38(23-27-6-7-27)15-17-45(37(38)48)35(13-10-26-8-11-30(39)12-9-26)36(47)43-33(20-29-18-31(40)22-32(41)19-29)14-16-42-24-28-4-3-5-34(21-28)49-2/h3-5,8-9,11-12,18-19,21-22,27,33,35,42H,6-7,10,13-17,20,23-24H2,1-2H3,(H,43,47)(H,44,46)/t33-,35+,38+/m1/s1. The molecular formula is C38H45F3N4O4. The Morgan fingerprint density at radius 2 is 1.67 bits per heavy atom. The van der Waals surface area contributed by atoms with Crippen molar-refractivity contribution in [3.63, 3.8) is 0 Å². The first kappa shape index (κ1) is 35.9. The minimum Gasteiger partial charge on any atom is -0.497 e. The van der Waals surface area contributed by atoms with Crippen LogP contribution in [0.3, 0.4) is 0 Å². The summed E-state index contributed by atoms with van der Waals surface area (Å²) in [5, 5.41) is 9.40. The number of amides is 3. The van der Waals surface area contributed by atoms with Gasteiger partial charge < -0.3 is 25.6 Å². The van der Waals surface area contributed by atoms with Crippen LogP contribution < -0.4 is 20.7 Å². The van der Waals surface area contributed by atoms with Crippen LogP contribution in [0.2, 0.25) is 0 Å². The van der Waals surface area contributed by atoms with Crippen LogP contribution in [-0.2, 0) is 33.8 Å². The van der Waals surface area contributed by atoms with E-state index < -0.39 is 35.2 Å². The molecule has 0 unspecified atom stereocenters. The fraction of sp³-hybridized carbons (Fsp3) is 0.447. The summed E-state index contributed by atoms with van der Waals surface area (Å²) < 4.78 is 47.3. The average molecular weight is 679 g/mol. The third kappa shape index (κ3) is 10.1. The van der Waals surface area contributed by atoms with Crippen LogP contribution in [0.1, 0.15) is 62.1 Å². The number of halogens is 3. The number of hydrogen-bond donors (Lipinski definition) is 3. The van der Waals surface area contributed by atoms with Gasteiger partial charge in [0.2, 0.25) is 17.7 Å². The predicted molar refractivity (Wildman–Crippen MR) is 180 cm³/mol. The molecule has 1 saturated heterocycles. The zero-order valence-corrected chi connectivity index (χ0v) is 28.1. The van der Waals surface area contributed by atoms with Crippen LogP contribution in [0.25, 0.3) is 0 Å². The van der Waals surface area contributed by atoms with E-state index in [2.05, 4.69) is 16.0 Å². The first-order valence-electron chi connectivity index (χ1n) is 17.0. The molecule has 2 fully saturated rings. The highest BCUT2D eigenvalue weighted by Gasteiger charge is 2.52. The summed E-state index contributed by atoms with van der Waals surface area (Å²) in [4.78, 5) is 42.2. The molecule has 262 valence electrons. The Hall–Kier alpha value is -4.38. The third-order valence-electron chi connectivity index (χ3n) is 9.38. The molecule has 49 heavy (non-hydrogen) atoms. The van der Waals surface area contributed by atoms with Crippen molar-refractivity contribution in [2.45, 2.75) is 82.5 Å². The lowest BCUT2D eigenvalue weighted by molar-refractivity contribution is -0.143. The minimum absolute atomic E-state index is 0.164. The number of hydrogen-bond acceptors (Lipinski definition) is 5. The molecule has 0 radical (unpaired) electrons. The van der Waals surface area contributed by atoms with E-state index in [9.17, 15) is 27.6 Å². The van der Waals surface area contributed by atoms with Crippen molar-refractivity contribution < 1.29 is 32.3 Å². The maximum atomic E-state index is 14.2. The minimum atomic E-state index is -1.07. The lowest BCUT2D eigenvalue weighted by Gasteiger charge is -2.33. The molecule has 1 aliphatic heterocycles. The number of ether oxygens (including phenoxy) is 1. The van der Waals surface area contributed by atoms with Crippen molar-refractivity contribution in [3.05, 3.63) is 101 Å². The average Bonchev–Trinajstić information content (AvgIpc) is 3.82. The molecule has 0 aromatic heterocycles. The molecular weight excluding hydrogens is 633 g/mol. The largest absolute Gasteiger partial charge is 0.497 e. The molecule has 2 aliphatic rings. The summed E-state index contributed by atoms with van der Waals surface area (Å²) in [7, 11) is 1.60. The fourth-order valence-electron chi connectivity index (χ4n) is 6.81. The van der Waals surface area contributed by atoms with E-state index in [0.29, 0.717) is 50.3 Å². The highest BCUT2D eigenvalue weighted by Crippen LogP contribution is 2.41. The molecule has 3 N–H and O–H groups in total. The van der Waals surface area contributed by atoms with E-state index in [-0.39, 0.29) is 37.0 Å². The van der Waals surface area contributed by atoms with Gasteiger partial charge >= 0.3 is 0 Å². The van der Waals surface area contributed by atoms with Gasteiger partial charge in [-0.05, 0) is 104 Å². The zero-order chi connectivity index (χ0) is 35.0. The van der Waals surface area contributed by atoms with Gasteiger partial charge in [0.1, 0.15) is 34.8 Å². The summed E-state index contributed by atoms with van der Waals surface area (Å²) in [6, 6.07) is 15.6. The lowest BCUT2D eigenvalue weighted by atomic mass is 9.90. The number of nitrogens with one attached hydrogen (secondary N) is 3. The first-order valence-corrected chi connectivity index (χ1v) is 17.0. The van der Waals surface area contributed by atoms with Crippen molar-refractivity contribution in [1.82, 2.24) is 20.9 Å². The van der Waals surface area contributed by atoms with E-state index in [1.54, 1.807) is 24.1 Å². The first-order chi connectivity index (χ1) is 23.5. The van der Waals surface area contributed by atoms with Crippen LogP contribution in [0, 0.1) is 23.4 Å². The van der Waals surface area contributed by atoms with E-state index >= 15 is 0 Å². The topological polar surface area (TPSA) is 99.8 Å². The Kier molecular flexibility index (Phi) is 12.0. The summed E-state index contributed by atoms with van der Waals surface area (Å²) in [6.45, 7) is 2.71. The van der Waals surface area contributed by atoms with Gasteiger partial charge in [0.05, 0.1) is 7.11 Å². The third-order valence-corrected chi connectivity index (χ3v) is 9.38. The van der Waals surface area contributed by atoms with Gasteiger partial charge in [-0.3, -0.25) is 14.4 Å². The Morgan fingerprint density at radius 1 is 0.939 bits per heavy atom. The normalized spacial score (nSPS) is 18.6. The highest BCUT2D eigenvalue weighted by atomic mass is 19.1. The number of rotatable bonds is 17. The van der Waals surface area contributed by atoms with Crippen molar-refractivity contribution in [2.75, 3.05) is 20.2 Å². The second-order valence-electron chi connectivity index (χ2n) is 13.3. The number of aryl methyl sites for hydroxylation is 1. The second kappa shape index (κ2) is 16.3. The molecule has 3 aromatic rings. The SMILES string of the molecule is COc1cccc(CNCC[C@H](Cc2cc(F)cc(F)c2)NC(=O)[C@H](CCc2ccc(F)cc2)N2CC[C@@](CC3CC3)(NC(C)=O)C2=O)c1. The fourth-order valence-corrected chi connectivity index (χ4v) is 6.81. The zero-order valence-electron chi connectivity index (χ0n) is 28.1. The van der Waals surface area contributed by atoms with Crippen molar-refractivity contribution in [1.29, 1.82) is 0 Å². The van der Waals surface area contributed by atoms with Gasteiger partial charge in [0, 0.05) is 32.1 Å². The number of methoxy groups -OCH3 is 1. The van der Waals surface area contributed by atoms with Crippen LogP contribution in [-0.4, -0.2) is 60.4 Å². The van der Waals surface area contributed by atoms with Crippen molar-refractivity contribution >= 4 is 17.7 Å².